The minimum Gasteiger partial charge on any atom is -0.493 e. The van der Waals surface area contributed by atoms with Gasteiger partial charge in [-0.1, -0.05) is 35.9 Å². The molecule has 0 spiro atoms. The molecule has 35 heavy (non-hydrogen) atoms. The average Bonchev–Trinajstić information content (AvgIpc) is 3.19. The van der Waals surface area contributed by atoms with E-state index in [0.29, 0.717) is 32.3 Å². The summed E-state index contributed by atoms with van der Waals surface area (Å²) in [6, 6.07) is 19.7. The highest BCUT2D eigenvalue weighted by Crippen LogP contribution is 2.33. The van der Waals surface area contributed by atoms with E-state index in [4.69, 9.17) is 21.1 Å². The van der Waals surface area contributed by atoms with Crippen LogP contribution in [-0.4, -0.2) is 30.7 Å². The number of nitrogens with zero attached hydrogens (tertiary/aromatic N) is 1. The largest absolute Gasteiger partial charge is 0.493 e. The van der Waals surface area contributed by atoms with Crippen LogP contribution in [0.4, 0.5) is 11.4 Å². The van der Waals surface area contributed by atoms with E-state index < -0.39 is 0 Å². The summed E-state index contributed by atoms with van der Waals surface area (Å²) in [4.78, 5) is 29.7. The van der Waals surface area contributed by atoms with Crippen LogP contribution < -0.4 is 20.1 Å². The molecule has 0 radical (unpaired) electrons. The Labute approximate surface area is 212 Å². The van der Waals surface area contributed by atoms with Crippen molar-refractivity contribution >= 4 is 57.8 Å². The first-order valence-corrected chi connectivity index (χ1v) is 11.8. The van der Waals surface area contributed by atoms with Gasteiger partial charge >= 0.3 is 0 Å². The Morgan fingerprint density at radius 1 is 1.11 bits per heavy atom. The number of amidine groups is 1. The Morgan fingerprint density at radius 3 is 2.66 bits per heavy atom. The zero-order chi connectivity index (χ0) is 24.8. The molecule has 0 aromatic heterocycles. The summed E-state index contributed by atoms with van der Waals surface area (Å²) in [6.07, 6.45) is 1.74. The van der Waals surface area contributed by atoms with E-state index in [1.165, 1.54) is 18.9 Å². The number of ether oxygens (including phenoxy) is 2. The number of para-hydroxylation sites is 1. The molecular formula is C26H22ClN3O4S. The summed E-state index contributed by atoms with van der Waals surface area (Å²) in [5, 5.41) is 6.66. The summed E-state index contributed by atoms with van der Waals surface area (Å²) in [7, 11) is 1.51. The number of thioether (sulfide) groups is 1. The van der Waals surface area contributed by atoms with Gasteiger partial charge in [-0.05, 0) is 78.4 Å². The van der Waals surface area contributed by atoms with Gasteiger partial charge in [0.15, 0.2) is 23.3 Å². The number of anilines is 1. The number of hydrogen-bond donors (Lipinski definition) is 2. The average molecular weight is 508 g/mol. The zero-order valence-electron chi connectivity index (χ0n) is 19.0. The van der Waals surface area contributed by atoms with Crippen LogP contribution >= 0.6 is 23.4 Å². The fourth-order valence-electron chi connectivity index (χ4n) is 3.24. The van der Waals surface area contributed by atoms with Gasteiger partial charge in [0.05, 0.1) is 17.7 Å². The second-order valence-corrected chi connectivity index (χ2v) is 8.99. The highest BCUT2D eigenvalue weighted by atomic mass is 35.5. The van der Waals surface area contributed by atoms with E-state index in [-0.39, 0.29) is 18.4 Å². The van der Waals surface area contributed by atoms with Gasteiger partial charge in [0, 0.05) is 10.7 Å². The number of rotatable bonds is 7. The van der Waals surface area contributed by atoms with Crippen molar-refractivity contribution < 1.29 is 19.1 Å². The third-order valence-corrected chi connectivity index (χ3v) is 6.08. The molecule has 3 aromatic rings. The maximum atomic E-state index is 12.5. The number of carbonyl (C=O) groups is 2. The van der Waals surface area contributed by atoms with Crippen molar-refractivity contribution in [1.82, 2.24) is 5.32 Å². The molecule has 2 amide bonds. The highest BCUT2D eigenvalue weighted by Gasteiger charge is 2.24. The summed E-state index contributed by atoms with van der Waals surface area (Å²) in [6.45, 7) is 1.73. The van der Waals surface area contributed by atoms with Gasteiger partial charge < -0.3 is 20.1 Å². The van der Waals surface area contributed by atoms with E-state index in [0.717, 1.165) is 16.8 Å². The molecular weight excluding hydrogens is 486 g/mol. The molecule has 4 rings (SSSR count). The Bertz CT molecular complexity index is 1330. The summed E-state index contributed by atoms with van der Waals surface area (Å²) >= 11 is 7.25. The summed E-state index contributed by atoms with van der Waals surface area (Å²) in [5.41, 5.74) is 3.08. The number of benzene rings is 3. The van der Waals surface area contributed by atoms with Crippen molar-refractivity contribution in [1.29, 1.82) is 0 Å². The lowest BCUT2D eigenvalue weighted by Crippen LogP contribution is -2.20. The van der Waals surface area contributed by atoms with Gasteiger partial charge in [-0.2, -0.15) is 0 Å². The van der Waals surface area contributed by atoms with E-state index in [9.17, 15) is 9.59 Å². The molecule has 2 N–H and O–H groups in total. The third kappa shape index (κ3) is 6.44. The molecule has 0 unspecified atom stereocenters. The van der Waals surface area contributed by atoms with Crippen molar-refractivity contribution in [3.63, 3.8) is 0 Å². The van der Waals surface area contributed by atoms with Gasteiger partial charge in [-0.15, -0.1) is 0 Å². The Morgan fingerprint density at radius 2 is 1.91 bits per heavy atom. The lowest BCUT2D eigenvalue weighted by molar-refractivity contribution is -0.118. The Kier molecular flexibility index (Phi) is 7.74. The van der Waals surface area contributed by atoms with Crippen LogP contribution in [0.1, 0.15) is 11.1 Å². The molecule has 3 aromatic carbocycles. The number of aryl methyl sites for hydroxylation is 1. The van der Waals surface area contributed by atoms with Gasteiger partial charge in [0.1, 0.15) is 0 Å². The molecule has 0 bridgehead atoms. The fourth-order valence-corrected chi connectivity index (χ4v) is 4.30. The first-order valence-electron chi connectivity index (χ1n) is 10.6. The third-order valence-electron chi connectivity index (χ3n) is 4.93. The van der Waals surface area contributed by atoms with Gasteiger partial charge in [0.2, 0.25) is 0 Å². The first-order chi connectivity index (χ1) is 16.9. The SMILES string of the molecule is COc1cc(/C=C2\SC(=Nc3ccc(Cl)cc3C)NC2=O)ccc1OCC(=O)Nc1ccccc1. The number of methoxy groups -OCH3 is 1. The van der Waals surface area contributed by atoms with Crippen LogP contribution in [0, 0.1) is 6.92 Å². The topological polar surface area (TPSA) is 89.0 Å². The number of hydrogen-bond acceptors (Lipinski definition) is 6. The Balaban J connectivity index is 1.43. The quantitative estimate of drug-likeness (QED) is 0.408. The molecule has 0 saturated carbocycles. The van der Waals surface area contributed by atoms with Crippen molar-refractivity contribution in [3.05, 3.63) is 87.8 Å². The molecule has 1 aliphatic heterocycles. The van der Waals surface area contributed by atoms with Crippen LogP contribution in [0.15, 0.2) is 76.6 Å². The maximum Gasteiger partial charge on any atom is 0.264 e. The van der Waals surface area contributed by atoms with Gasteiger partial charge in [-0.3, -0.25) is 9.59 Å². The van der Waals surface area contributed by atoms with Crippen LogP contribution in [0.3, 0.4) is 0 Å². The summed E-state index contributed by atoms with van der Waals surface area (Å²) < 4.78 is 11.1. The minimum absolute atomic E-state index is 0.173. The first kappa shape index (κ1) is 24.4. The molecule has 9 heteroatoms. The standard InChI is InChI=1S/C26H22ClN3O4S/c1-16-12-18(27)9-10-20(16)29-26-30-25(32)23(35-26)14-17-8-11-21(22(13-17)33-2)34-15-24(31)28-19-6-4-3-5-7-19/h3-14H,15H2,1-2H3,(H,28,31)(H,29,30,32)/b23-14-. The summed E-state index contributed by atoms with van der Waals surface area (Å²) in [5.74, 6) is 0.339. The number of carbonyl (C=O) groups excluding carboxylic acids is 2. The van der Waals surface area contributed by atoms with Crippen molar-refractivity contribution in [2.24, 2.45) is 4.99 Å². The number of nitrogens with one attached hydrogen (secondary N) is 2. The van der Waals surface area contributed by atoms with E-state index in [2.05, 4.69) is 15.6 Å². The van der Waals surface area contributed by atoms with Crippen molar-refractivity contribution in [3.8, 4) is 11.5 Å². The second kappa shape index (κ2) is 11.1. The van der Waals surface area contributed by atoms with Crippen LogP contribution in [-0.2, 0) is 9.59 Å². The molecule has 0 aliphatic carbocycles. The Hall–Kier alpha value is -3.75. The van der Waals surface area contributed by atoms with Gasteiger partial charge in [0.25, 0.3) is 11.8 Å². The number of aliphatic imine (C=N–C) groups is 1. The van der Waals surface area contributed by atoms with Crippen LogP contribution in [0.25, 0.3) is 6.08 Å². The lowest BCUT2D eigenvalue weighted by atomic mass is 10.2. The lowest BCUT2D eigenvalue weighted by Gasteiger charge is -2.11. The predicted molar refractivity (Wildman–Crippen MR) is 141 cm³/mol. The molecule has 0 atom stereocenters. The molecule has 7 nitrogen and oxygen atoms in total. The fraction of sp³-hybridized carbons (Fsp3) is 0.115. The van der Waals surface area contributed by atoms with E-state index in [1.807, 2.05) is 37.3 Å². The molecule has 1 aliphatic rings. The highest BCUT2D eigenvalue weighted by molar-refractivity contribution is 8.18. The number of halogens is 1. The van der Waals surface area contributed by atoms with Crippen molar-refractivity contribution in [2.75, 3.05) is 19.0 Å². The van der Waals surface area contributed by atoms with Crippen molar-refractivity contribution in [2.45, 2.75) is 6.92 Å². The van der Waals surface area contributed by atoms with Gasteiger partial charge in [-0.25, -0.2) is 4.99 Å². The smallest absolute Gasteiger partial charge is 0.264 e. The second-order valence-electron chi connectivity index (χ2n) is 7.53. The van der Waals surface area contributed by atoms with Crippen LogP contribution in [0.2, 0.25) is 5.02 Å². The molecule has 178 valence electrons. The molecule has 1 saturated heterocycles. The molecule has 1 heterocycles. The van der Waals surface area contributed by atoms with E-state index >= 15 is 0 Å². The minimum atomic E-state index is -0.286. The molecule has 1 fully saturated rings. The predicted octanol–water partition coefficient (Wildman–Crippen LogP) is 5.57. The normalized spacial score (nSPS) is 15.2. The monoisotopic (exact) mass is 507 g/mol. The maximum absolute atomic E-state index is 12.5. The number of amides is 2. The van der Waals surface area contributed by atoms with E-state index in [1.54, 1.807) is 42.5 Å². The van der Waals surface area contributed by atoms with Crippen LogP contribution in [0.5, 0.6) is 11.5 Å². The zero-order valence-corrected chi connectivity index (χ0v) is 20.6.